The van der Waals surface area contributed by atoms with E-state index in [2.05, 4.69) is 31.3 Å². The third-order valence-electron chi connectivity index (χ3n) is 6.21. The average Bonchev–Trinajstić information content (AvgIpc) is 3.62. The van der Waals surface area contributed by atoms with Gasteiger partial charge in [-0.25, -0.2) is 19.0 Å². The molecule has 0 spiro atoms. The zero-order valence-corrected chi connectivity index (χ0v) is 18.8. The van der Waals surface area contributed by atoms with Gasteiger partial charge in [-0.15, -0.1) is 5.10 Å². The third-order valence-corrected chi connectivity index (χ3v) is 9.43. The summed E-state index contributed by atoms with van der Waals surface area (Å²) in [5.74, 6) is -0.454. The molecule has 164 valence electrons. The summed E-state index contributed by atoms with van der Waals surface area (Å²) >= 11 is 0. The van der Waals surface area contributed by atoms with Crippen LogP contribution in [0.2, 0.25) is 0 Å². The molecule has 1 aliphatic rings. The fourth-order valence-corrected chi connectivity index (χ4v) is 6.45. The van der Waals surface area contributed by atoms with E-state index in [-0.39, 0.29) is 5.66 Å². The molecule has 1 saturated carbocycles. The molecule has 3 heterocycles. The number of hydrogen-bond donors (Lipinski definition) is 0. The molecule has 5 aromatic rings. The minimum Gasteiger partial charge on any atom is -0.319 e. The first-order valence-corrected chi connectivity index (χ1v) is 13.0. The summed E-state index contributed by atoms with van der Waals surface area (Å²) in [5.41, 5.74) is 3.69. The van der Waals surface area contributed by atoms with Crippen molar-refractivity contribution in [3.8, 4) is 11.3 Å². The van der Waals surface area contributed by atoms with E-state index in [1.807, 2.05) is 24.3 Å². The quantitative estimate of drug-likeness (QED) is 0.363. The third kappa shape index (κ3) is 3.60. The van der Waals surface area contributed by atoms with Gasteiger partial charge >= 0.3 is 0 Å². The molecule has 2 aromatic carbocycles. The Balaban J connectivity index is 1.35. The van der Waals surface area contributed by atoms with Crippen LogP contribution >= 0.6 is 7.14 Å². The number of rotatable bonds is 5. The molecular formula is C24H20FN6OP. The van der Waals surface area contributed by atoms with Gasteiger partial charge < -0.3 is 4.57 Å². The highest BCUT2D eigenvalue weighted by atomic mass is 31.2. The van der Waals surface area contributed by atoms with Crippen molar-refractivity contribution in [1.29, 1.82) is 0 Å². The standard InChI is InChI=1S/C24H20FN6OP/c1-33(32,17-5-6-17)18-7-8-19(20(25)12-18)22-13-27-23-24(28-22)31(30-29-23)14-15-4-9-21-16(11-15)3-2-10-26-21/h2-4,7-13,17H,5-6,14H2,1H3. The van der Waals surface area contributed by atoms with Crippen molar-refractivity contribution < 1.29 is 8.96 Å². The van der Waals surface area contributed by atoms with Crippen LogP contribution in [0, 0.1) is 5.82 Å². The highest BCUT2D eigenvalue weighted by Gasteiger charge is 2.38. The van der Waals surface area contributed by atoms with E-state index in [0.29, 0.717) is 34.4 Å². The van der Waals surface area contributed by atoms with Gasteiger partial charge in [0.1, 0.15) is 13.0 Å². The SMILES string of the molecule is CP(=O)(c1ccc(-c2cnc3nnn(Cc4ccc5ncccc5c4)c3n2)c(F)c1)C1CC1. The lowest BCUT2D eigenvalue weighted by atomic mass is 10.1. The van der Waals surface area contributed by atoms with Crippen molar-refractivity contribution in [2.24, 2.45) is 0 Å². The molecule has 1 aliphatic carbocycles. The molecule has 0 N–H and O–H groups in total. The summed E-state index contributed by atoms with van der Waals surface area (Å²) in [6, 6.07) is 14.7. The van der Waals surface area contributed by atoms with Crippen molar-refractivity contribution in [2.45, 2.75) is 25.0 Å². The predicted molar refractivity (Wildman–Crippen MR) is 126 cm³/mol. The first-order valence-electron chi connectivity index (χ1n) is 10.8. The van der Waals surface area contributed by atoms with Crippen LogP contribution in [0.1, 0.15) is 18.4 Å². The van der Waals surface area contributed by atoms with Crippen LogP contribution in [0.4, 0.5) is 4.39 Å². The fraction of sp³-hybridized carbons (Fsp3) is 0.208. The van der Waals surface area contributed by atoms with E-state index in [1.165, 1.54) is 12.3 Å². The maximum Gasteiger partial charge on any atom is 0.221 e. The first-order chi connectivity index (χ1) is 16.0. The van der Waals surface area contributed by atoms with E-state index in [0.717, 1.165) is 29.3 Å². The Morgan fingerprint density at radius 3 is 2.82 bits per heavy atom. The first kappa shape index (κ1) is 20.1. The average molecular weight is 458 g/mol. The second-order valence-electron chi connectivity index (χ2n) is 8.57. The molecule has 1 atom stereocenters. The molecular weight excluding hydrogens is 438 g/mol. The lowest BCUT2D eigenvalue weighted by Crippen LogP contribution is -2.09. The minimum atomic E-state index is -2.54. The molecule has 7 nitrogen and oxygen atoms in total. The minimum absolute atomic E-state index is 0.185. The normalized spacial score (nSPS) is 15.7. The molecule has 0 saturated heterocycles. The van der Waals surface area contributed by atoms with E-state index in [4.69, 9.17) is 0 Å². The van der Waals surface area contributed by atoms with Gasteiger partial charge in [-0.3, -0.25) is 4.98 Å². The Kier molecular flexibility index (Phi) is 4.59. The second-order valence-corrected chi connectivity index (χ2v) is 11.8. The maximum absolute atomic E-state index is 15.0. The van der Waals surface area contributed by atoms with Crippen molar-refractivity contribution in [3.63, 3.8) is 0 Å². The number of hydrogen-bond acceptors (Lipinski definition) is 6. The van der Waals surface area contributed by atoms with Crippen LogP contribution in [-0.4, -0.2) is 42.3 Å². The topological polar surface area (TPSA) is 86.5 Å². The zero-order chi connectivity index (χ0) is 22.6. The second kappa shape index (κ2) is 7.52. The molecule has 0 aliphatic heterocycles. The summed E-state index contributed by atoms with van der Waals surface area (Å²) < 4.78 is 29.7. The van der Waals surface area contributed by atoms with Crippen LogP contribution in [0.3, 0.4) is 0 Å². The van der Waals surface area contributed by atoms with Crippen LogP contribution < -0.4 is 5.30 Å². The smallest absolute Gasteiger partial charge is 0.221 e. The van der Waals surface area contributed by atoms with Gasteiger partial charge in [-0.05, 0) is 55.4 Å². The molecule has 3 aromatic heterocycles. The number of aromatic nitrogens is 6. The number of pyridine rings is 1. The van der Waals surface area contributed by atoms with Crippen molar-refractivity contribution in [1.82, 2.24) is 29.9 Å². The Labute approximate surface area is 189 Å². The molecule has 0 bridgehead atoms. The van der Waals surface area contributed by atoms with Gasteiger partial charge in [0.25, 0.3) is 0 Å². The van der Waals surface area contributed by atoms with Gasteiger partial charge in [0.2, 0.25) is 5.65 Å². The maximum atomic E-state index is 15.0. The van der Waals surface area contributed by atoms with Crippen LogP contribution in [0.5, 0.6) is 0 Å². The lowest BCUT2D eigenvalue weighted by molar-refractivity contribution is 0.583. The van der Waals surface area contributed by atoms with Gasteiger partial charge in [0.15, 0.2) is 5.65 Å². The van der Waals surface area contributed by atoms with E-state index in [1.54, 1.807) is 29.7 Å². The lowest BCUT2D eigenvalue weighted by Gasteiger charge is -2.13. The van der Waals surface area contributed by atoms with Gasteiger partial charge in [-0.2, -0.15) is 0 Å². The Morgan fingerprint density at radius 2 is 2.00 bits per heavy atom. The van der Waals surface area contributed by atoms with Gasteiger partial charge in [-0.1, -0.05) is 23.4 Å². The Hall–Kier alpha value is -3.51. The van der Waals surface area contributed by atoms with Crippen LogP contribution in [0.25, 0.3) is 33.5 Å². The van der Waals surface area contributed by atoms with Crippen LogP contribution in [-0.2, 0) is 11.1 Å². The Bertz CT molecular complexity index is 1580. The molecule has 6 rings (SSSR count). The summed E-state index contributed by atoms with van der Waals surface area (Å²) in [6.45, 7) is 2.19. The zero-order valence-electron chi connectivity index (χ0n) is 17.9. The number of halogens is 1. The summed E-state index contributed by atoms with van der Waals surface area (Å²) in [6.07, 6.45) is 5.16. The van der Waals surface area contributed by atoms with Crippen molar-refractivity contribution >= 4 is 34.6 Å². The van der Waals surface area contributed by atoms with Gasteiger partial charge in [0.05, 0.1) is 24.0 Å². The Morgan fingerprint density at radius 1 is 1.12 bits per heavy atom. The van der Waals surface area contributed by atoms with Crippen molar-refractivity contribution in [3.05, 3.63) is 72.3 Å². The highest BCUT2D eigenvalue weighted by Crippen LogP contribution is 2.57. The molecule has 33 heavy (non-hydrogen) atoms. The van der Waals surface area contributed by atoms with Crippen LogP contribution in [0.15, 0.2) is 60.9 Å². The molecule has 0 radical (unpaired) electrons. The predicted octanol–water partition coefficient (Wildman–Crippen LogP) is 4.40. The molecule has 1 unspecified atom stereocenters. The monoisotopic (exact) mass is 458 g/mol. The van der Waals surface area contributed by atoms with E-state index in [9.17, 15) is 4.57 Å². The summed E-state index contributed by atoms with van der Waals surface area (Å²) in [7, 11) is -2.54. The molecule has 1 fully saturated rings. The van der Waals surface area contributed by atoms with Crippen molar-refractivity contribution in [2.75, 3.05) is 6.66 Å². The van der Waals surface area contributed by atoms with Gasteiger partial charge in [0, 0.05) is 28.1 Å². The summed E-state index contributed by atoms with van der Waals surface area (Å²) in [4.78, 5) is 13.3. The number of benzene rings is 2. The number of fused-ring (bicyclic) bond motifs is 2. The summed E-state index contributed by atoms with van der Waals surface area (Å²) in [5, 5.41) is 9.92. The molecule has 9 heteroatoms. The fourth-order valence-electron chi connectivity index (χ4n) is 4.15. The highest BCUT2D eigenvalue weighted by molar-refractivity contribution is 7.71. The largest absolute Gasteiger partial charge is 0.319 e. The molecule has 0 amide bonds. The van der Waals surface area contributed by atoms with E-state index < -0.39 is 13.0 Å². The van der Waals surface area contributed by atoms with E-state index >= 15 is 4.39 Å². The number of nitrogens with zero attached hydrogens (tertiary/aromatic N) is 6.